The number of ether oxygens (including phenoxy) is 2. The first-order valence-corrected chi connectivity index (χ1v) is 4.84. The van der Waals surface area contributed by atoms with Crippen LogP contribution in [0.4, 0.5) is 0 Å². The van der Waals surface area contributed by atoms with Crippen molar-refractivity contribution in [3.05, 3.63) is 40.9 Å². The van der Waals surface area contributed by atoms with Crippen molar-refractivity contribution in [1.82, 2.24) is 0 Å². The summed E-state index contributed by atoms with van der Waals surface area (Å²) in [4.78, 5) is 11.0. The molecule has 78 valence electrons. The standard InChI is InChI=1S/C11H9ClO3/c1-7-6-10(15-11(7)13)14-9-4-2-8(12)3-5-9/h2-6,10H,1H3/t10-/m1/s1. The smallest absolute Gasteiger partial charge is 0.336 e. The molecule has 0 unspecified atom stereocenters. The zero-order valence-corrected chi connectivity index (χ0v) is 8.82. The van der Waals surface area contributed by atoms with Crippen LogP contribution in [0.1, 0.15) is 6.92 Å². The third-order valence-corrected chi connectivity index (χ3v) is 2.25. The Kier molecular flexibility index (Phi) is 2.64. The second kappa shape index (κ2) is 3.95. The summed E-state index contributed by atoms with van der Waals surface area (Å²) in [6, 6.07) is 6.86. The van der Waals surface area contributed by atoms with Gasteiger partial charge in [-0.25, -0.2) is 4.79 Å². The number of cyclic esters (lactones) is 1. The highest BCUT2D eigenvalue weighted by atomic mass is 35.5. The molecule has 0 aliphatic carbocycles. The lowest BCUT2D eigenvalue weighted by molar-refractivity contribution is -0.148. The number of benzene rings is 1. The van der Waals surface area contributed by atoms with Crippen molar-refractivity contribution in [2.45, 2.75) is 13.2 Å². The van der Waals surface area contributed by atoms with Gasteiger partial charge in [0, 0.05) is 16.7 Å². The van der Waals surface area contributed by atoms with E-state index in [1.807, 2.05) is 0 Å². The average molecular weight is 225 g/mol. The van der Waals surface area contributed by atoms with Gasteiger partial charge in [-0.2, -0.15) is 0 Å². The first kappa shape index (κ1) is 10.1. The van der Waals surface area contributed by atoms with E-state index in [0.717, 1.165) is 0 Å². The normalized spacial score (nSPS) is 19.7. The van der Waals surface area contributed by atoms with Crippen LogP contribution in [0.25, 0.3) is 0 Å². The minimum absolute atomic E-state index is 0.339. The molecule has 0 saturated heterocycles. The molecular formula is C11H9ClO3. The molecule has 3 nitrogen and oxygen atoms in total. The Bertz CT molecular complexity index is 408. The lowest BCUT2D eigenvalue weighted by Crippen LogP contribution is -2.15. The SMILES string of the molecule is CC1=C[C@H](Oc2ccc(Cl)cc2)OC1=O. The van der Waals surface area contributed by atoms with Gasteiger partial charge in [0.1, 0.15) is 5.75 Å². The van der Waals surface area contributed by atoms with Crippen molar-refractivity contribution in [2.75, 3.05) is 0 Å². The van der Waals surface area contributed by atoms with E-state index >= 15 is 0 Å². The molecule has 0 spiro atoms. The van der Waals surface area contributed by atoms with E-state index < -0.39 is 6.29 Å². The zero-order valence-electron chi connectivity index (χ0n) is 8.07. The van der Waals surface area contributed by atoms with Crippen molar-refractivity contribution in [3.63, 3.8) is 0 Å². The molecule has 0 radical (unpaired) electrons. The second-order valence-corrected chi connectivity index (χ2v) is 3.63. The summed E-state index contributed by atoms with van der Waals surface area (Å²) in [5.74, 6) is 0.275. The maximum Gasteiger partial charge on any atom is 0.336 e. The third-order valence-electron chi connectivity index (χ3n) is 2.00. The van der Waals surface area contributed by atoms with E-state index in [4.69, 9.17) is 21.1 Å². The van der Waals surface area contributed by atoms with Crippen LogP contribution in [0, 0.1) is 0 Å². The number of carbonyl (C=O) groups excluding carboxylic acids is 1. The monoisotopic (exact) mass is 224 g/mol. The molecule has 1 aromatic rings. The number of carbonyl (C=O) groups is 1. The van der Waals surface area contributed by atoms with E-state index in [1.165, 1.54) is 0 Å². The first-order valence-electron chi connectivity index (χ1n) is 4.47. The van der Waals surface area contributed by atoms with Crippen molar-refractivity contribution < 1.29 is 14.3 Å². The van der Waals surface area contributed by atoms with Gasteiger partial charge in [0.2, 0.25) is 0 Å². The van der Waals surface area contributed by atoms with E-state index in [9.17, 15) is 4.79 Å². The molecule has 15 heavy (non-hydrogen) atoms. The number of hydrogen-bond donors (Lipinski definition) is 0. The lowest BCUT2D eigenvalue weighted by atomic mass is 10.3. The number of halogens is 1. The van der Waals surface area contributed by atoms with Crippen molar-refractivity contribution in [2.24, 2.45) is 0 Å². The van der Waals surface area contributed by atoms with Gasteiger partial charge in [-0.3, -0.25) is 0 Å². The molecule has 0 amide bonds. The highest BCUT2D eigenvalue weighted by molar-refractivity contribution is 6.30. The van der Waals surface area contributed by atoms with E-state index in [-0.39, 0.29) is 5.97 Å². The molecular weight excluding hydrogens is 216 g/mol. The summed E-state index contributed by atoms with van der Waals surface area (Å²) in [5, 5.41) is 0.637. The van der Waals surface area contributed by atoms with Crippen molar-refractivity contribution in [3.8, 4) is 5.75 Å². The van der Waals surface area contributed by atoms with Crippen LogP contribution in [0.15, 0.2) is 35.9 Å². The Labute approximate surface area is 92.3 Å². The van der Waals surface area contributed by atoms with E-state index in [0.29, 0.717) is 16.3 Å². The number of hydrogen-bond acceptors (Lipinski definition) is 3. The molecule has 0 fully saturated rings. The Morgan fingerprint density at radius 3 is 2.53 bits per heavy atom. The van der Waals surface area contributed by atoms with E-state index in [1.54, 1.807) is 37.3 Å². The predicted octanol–water partition coefficient (Wildman–Crippen LogP) is 2.55. The summed E-state index contributed by atoms with van der Waals surface area (Å²) in [6.07, 6.45) is 1.01. The molecule has 1 aromatic carbocycles. The van der Waals surface area contributed by atoms with Crippen LogP contribution in [0.2, 0.25) is 5.02 Å². The molecule has 0 bridgehead atoms. The molecule has 1 aliphatic heterocycles. The van der Waals surface area contributed by atoms with Gasteiger partial charge >= 0.3 is 5.97 Å². The van der Waals surface area contributed by atoms with Gasteiger partial charge < -0.3 is 9.47 Å². The van der Waals surface area contributed by atoms with Gasteiger partial charge in [-0.1, -0.05) is 11.6 Å². The maximum atomic E-state index is 11.0. The molecule has 0 aromatic heterocycles. The minimum Gasteiger partial charge on any atom is -0.451 e. The number of esters is 1. The topological polar surface area (TPSA) is 35.5 Å². The van der Waals surface area contributed by atoms with Crippen molar-refractivity contribution >= 4 is 17.6 Å². The Morgan fingerprint density at radius 1 is 1.33 bits per heavy atom. The van der Waals surface area contributed by atoms with E-state index in [2.05, 4.69) is 0 Å². The Hall–Kier alpha value is -1.48. The quantitative estimate of drug-likeness (QED) is 0.725. The first-order chi connectivity index (χ1) is 7.15. The highest BCUT2D eigenvalue weighted by Crippen LogP contribution is 2.20. The van der Waals surface area contributed by atoms with Crippen LogP contribution in [-0.4, -0.2) is 12.3 Å². The lowest BCUT2D eigenvalue weighted by Gasteiger charge is -2.10. The minimum atomic E-state index is -0.626. The second-order valence-electron chi connectivity index (χ2n) is 3.20. The fourth-order valence-corrected chi connectivity index (χ4v) is 1.34. The average Bonchev–Trinajstić information content (AvgIpc) is 2.50. The van der Waals surface area contributed by atoms with Crippen LogP contribution < -0.4 is 4.74 Å². The van der Waals surface area contributed by atoms with Gasteiger partial charge in [0.05, 0.1) is 0 Å². The summed E-state index contributed by atoms with van der Waals surface area (Å²) in [6.45, 7) is 1.69. The largest absolute Gasteiger partial charge is 0.451 e. The van der Waals surface area contributed by atoms with Gasteiger partial charge in [-0.15, -0.1) is 0 Å². The molecule has 4 heteroatoms. The summed E-state index contributed by atoms with van der Waals surface area (Å²) in [7, 11) is 0. The fraction of sp³-hybridized carbons (Fsp3) is 0.182. The highest BCUT2D eigenvalue weighted by Gasteiger charge is 2.23. The Morgan fingerprint density at radius 2 is 2.00 bits per heavy atom. The van der Waals surface area contributed by atoms with Gasteiger partial charge in [0.25, 0.3) is 6.29 Å². The van der Waals surface area contributed by atoms with Gasteiger partial charge in [-0.05, 0) is 31.2 Å². The fourth-order valence-electron chi connectivity index (χ4n) is 1.21. The molecule has 1 atom stereocenters. The van der Waals surface area contributed by atoms with Crippen LogP contribution in [0.3, 0.4) is 0 Å². The molecule has 2 rings (SSSR count). The van der Waals surface area contributed by atoms with Gasteiger partial charge in [0.15, 0.2) is 0 Å². The maximum absolute atomic E-state index is 11.0. The summed E-state index contributed by atoms with van der Waals surface area (Å²) >= 11 is 5.72. The molecule has 0 N–H and O–H groups in total. The number of rotatable bonds is 2. The zero-order chi connectivity index (χ0) is 10.8. The summed E-state index contributed by atoms with van der Waals surface area (Å²) in [5.41, 5.74) is 0.564. The summed E-state index contributed by atoms with van der Waals surface area (Å²) < 4.78 is 10.3. The third kappa shape index (κ3) is 2.30. The molecule has 1 heterocycles. The van der Waals surface area contributed by atoms with Crippen LogP contribution in [-0.2, 0) is 9.53 Å². The van der Waals surface area contributed by atoms with Crippen molar-refractivity contribution in [1.29, 1.82) is 0 Å². The predicted molar refractivity (Wildman–Crippen MR) is 55.7 cm³/mol. The van der Waals surface area contributed by atoms with Crippen LogP contribution in [0.5, 0.6) is 5.75 Å². The Balaban J connectivity index is 2.05. The van der Waals surface area contributed by atoms with Crippen LogP contribution >= 0.6 is 11.6 Å². The molecule has 1 aliphatic rings. The molecule has 0 saturated carbocycles.